The molecule has 166 valence electrons. The average molecular weight is 451 g/mol. The molecule has 0 unspecified atom stereocenters. The Labute approximate surface area is 190 Å². The van der Waals surface area contributed by atoms with E-state index in [1.807, 2.05) is 35.7 Å². The summed E-state index contributed by atoms with van der Waals surface area (Å²) in [5.41, 5.74) is 2.12. The standard InChI is InChI=1S/C24H26N4O3S/c1-3-26(4-2)14-9-15-27-21(23-16-18-10-5-8-13-22(18)31-23)17-32-24(27)25-19-11-6-7-12-20(19)28(29)30/h5-8,10-13,16-17H,3-4,9,14-15H2,1-2H3. The first-order valence-corrected chi connectivity index (χ1v) is 11.7. The Morgan fingerprint density at radius 1 is 1.12 bits per heavy atom. The van der Waals surface area contributed by atoms with Gasteiger partial charge < -0.3 is 13.9 Å². The Kier molecular flexibility index (Phi) is 6.82. The highest BCUT2D eigenvalue weighted by molar-refractivity contribution is 7.07. The molecule has 0 spiro atoms. The second kappa shape index (κ2) is 9.93. The number of furan rings is 1. The van der Waals surface area contributed by atoms with Gasteiger partial charge in [0.05, 0.1) is 10.6 Å². The third-order valence-corrected chi connectivity index (χ3v) is 6.38. The van der Waals surface area contributed by atoms with Crippen molar-refractivity contribution in [2.24, 2.45) is 4.99 Å². The zero-order valence-electron chi connectivity index (χ0n) is 18.2. The summed E-state index contributed by atoms with van der Waals surface area (Å²) in [6.07, 6.45) is 0.940. The second-order valence-electron chi connectivity index (χ2n) is 7.44. The number of aromatic nitrogens is 1. The first-order chi connectivity index (χ1) is 15.6. The van der Waals surface area contributed by atoms with E-state index < -0.39 is 4.92 Å². The molecule has 4 rings (SSSR count). The van der Waals surface area contributed by atoms with Crippen LogP contribution in [0.2, 0.25) is 0 Å². The van der Waals surface area contributed by atoms with Crippen LogP contribution in [0, 0.1) is 10.1 Å². The van der Waals surface area contributed by atoms with Crippen LogP contribution in [0.15, 0.2) is 69.4 Å². The van der Waals surface area contributed by atoms with Gasteiger partial charge in [0.1, 0.15) is 11.3 Å². The summed E-state index contributed by atoms with van der Waals surface area (Å²) < 4.78 is 8.23. The van der Waals surface area contributed by atoms with Gasteiger partial charge in [0.15, 0.2) is 10.6 Å². The minimum atomic E-state index is -0.392. The van der Waals surface area contributed by atoms with E-state index in [1.54, 1.807) is 18.2 Å². The number of nitro groups is 1. The quantitative estimate of drug-likeness (QED) is 0.237. The largest absolute Gasteiger partial charge is 0.454 e. The maximum Gasteiger partial charge on any atom is 0.294 e. The summed E-state index contributed by atoms with van der Waals surface area (Å²) in [5, 5.41) is 14.5. The van der Waals surface area contributed by atoms with Gasteiger partial charge in [-0.1, -0.05) is 44.2 Å². The van der Waals surface area contributed by atoms with Crippen molar-refractivity contribution in [1.82, 2.24) is 9.47 Å². The van der Waals surface area contributed by atoms with E-state index in [4.69, 9.17) is 4.42 Å². The van der Waals surface area contributed by atoms with Crippen LogP contribution < -0.4 is 4.80 Å². The number of thiazole rings is 1. The van der Waals surface area contributed by atoms with Gasteiger partial charge in [-0.2, -0.15) is 0 Å². The van der Waals surface area contributed by atoms with Gasteiger partial charge in [0.2, 0.25) is 0 Å². The SMILES string of the molecule is CCN(CC)CCCn1c(-c2cc3ccccc3o2)csc1=Nc1ccccc1[N+](=O)[O-]. The number of hydrogen-bond donors (Lipinski definition) is 0. The number of nitrogens with zero attached hydrogens (tertiary/aromatic N) is 4. The summed E-state index contributed by atoms with van der Waals surface area (Å²) in [6.45, 7) is 8.06. The normalized spacial score (nSPS) is 12.2. The Balaban J connectivity index is 1.77. The molecule has 0 aliphatic heterocycles. The van der Waals surface area contributed by atoms with Crippen molar-refractivity contribution < 1.29 is 9.34 Å². The van der Waals surface area contributed by atoms with Gasteiger partial charge in [-0.15, -0.1) is 11.3 Å². The molecule has 32 heavy (non-hydrogen) atoms. The van der Waals surface area contributed by atoms with Crippen LogP contribution in [0.1, 0.15) is 20.3 Å². The Bertz CT molecular complexity index is 1250. The first kappa shape index (κ1) is 22.0. The van der Waals surface area contributed by atoms with E-state index in [0.29, 0.717) is 10.5 Å². The van der Waals surface area contributed by atoms with Crippen LogP contribution in [0.3, 0.4) is 0 Å². The first-order valence-electron chi connectivity index (χ1n) is 10.8. The van der Waals surface area contributed by atoms with Gasteiger partial charge in [-0.3, -0.25) is 10.1 Å². The topological polar surface area (TPSA) is 76.8 Å². The molecule has 7 nitrogen and oxygen atoms in total. The number of benzene rings is 2. The fourth-order valence-electron chi connectivity index (χ4n) is 3.75. The minimum Gasteiger partial charge on any atom is -0.454 e. The van der Waals surface area contributed by atoms with Crippen molar-refractivity contribution in [3.8, 4) is 11.5 Å². The molecule has 0 saturated carbocycles. The Hall–Kier alpha value is -3.23. The number of rotatable bonds is 9. The lowest BCUT2D eigenvalue weighted by Gasteiger charge is -2.18. The monoisotopic (exact) mass is 450 g/mol. The van der Waals surface area contributed by atoms with Crippen molar-refractivity contribution in [2.45, 2.75) is 26.8 Å². The van der Waals surface area contributed by atoms with Crippen molar-refractivity contribution in [2.75, 3.05) is 19.6 Å². The summed E-state index contributed by atoms with van der Waals surface area (Å²) in [7, 11) is 0. The molecule has 4 aromatic rings. The van der Waals surface area contributed by atoms with Gasteiger partial charge in [-0.25, -0.2) is 4.99 Å². The van der Waals surface area contributed by atoms with E-state index in [-0.39, 0.29) is 5.69 Å². The van der Waals surface area contributed by atoms with Gasteiger partial charge in [-0.05, 0) is 44.3 Å². The Morgan fingerprint density at radius 3 is 2.62 bits per heavy atom. The van der Waals surface area contributed by atoms with E-state index in [2.05, 4.69) is 28.3 Å². The third kappa shape index (κ3) is 4.66. The van der Waals surface area contributed by atoms with Crippen LogP contribution in [0.5, 0.6) is 0 Å². The maximum absolute atomic E-state index is 11.5. The molecular formula is C24H26N4O3S. The predicted molar refractivity (Wildman–Crippen MR) is 128 cm³/mol. The van der Waals surface area contributed by atoms with Crippen LogP contribution in [0.25, 0.3) is 22.4 Å². The number of nitro benzene ring substituents is 1. The molecular weight excluding hydrogens is 424 g/mol. The highest BCUT2D eigenvalue weighted by Crippen LogP contribution is 2.30. The van der Waals surface area contributed by atoms with E-state index in [1.165, 1.54) is 17.4 Å². The van der Waals surface area contributed by atoms with E-state index in [9.17, 15) is 10.1 Å². The zero-order chi connectivity index (χ0) is 22.5. The molecule has 8 heteroatoms. The van der Waals surface area contributed by atoms with Crippen molar-refractivity contribution >= 4 is 33.7 Å². The van der Waals surface area contributed by atoms with Crippen LogP contribution in [0.4, 0.5) is 11.4 Å². The van der Waals surface area contributed by atoms with Crippen LogP contribution >= 0.6 is 11.3 Å². The lowest BCUT2D eigenvalue weighted by atomic mass is 10.2. The molecule has 0 atom stereocenters. The summed E-state index contributed by atoms with van der Waals surface area (Å²) in [6, 6.07) is 16.5. The molecule has 0 radical (unpaired) electrons. The third-order valence-electron chi connectivity index (χ3n) is 5.52. The molecule has 0 aliphatic carbocycles. The molecule has 2 heterocycles. The van der Waals surface area contributed by atoms with Crippen molar-refractivity contribution in [3.05, 3.63) is 74.9 Å². The molecule has 0 bridgehead atoms. The fraction of sp³-hybridized carbons (Fsp3) is 0.292. The van der Waals surface area contributed by atoms with E-state index >= 15 is 0 Å². The summed E-state index contributed by atoms with van der Waals surface area (Å²) in [5.74, 6) is 0.773. The van der Waals surface area contributed by atoms with Crippen LogP contribution in [-0.2, 0) is 6.54 Å². The smallest absolute Gasteiger partial charge is 0.294 e. The zero-order valence-corrected chi connectivity index (χ0v) is 19.0. The summed E-state index contributed by atoms with van der Waals surface area (Å²) >= 11 is 1.47. The highest BCUT2D eigenvalue weighted by Gasteiger charge is 2.16. The molecule has 0 aliphatic rings. The van der Waals surface area contributed by atoms with Gasteiger partial charge in [0, 0.05) is 23.4 Å². The van der Waals surface area contributed by atoms with Crippen molar-refractivity contribution in [1.29, 1.82) is 0 Å². The lowest BCUT2D eigenvalue weighted by Crippen LogP contribution is -2.26. The maximum atomic E-state index is 11.5. The molecule has 2 aromatic heterocycles. The fourth-order valence-corrected chi connectivity index (χ4v) is 4.68. The molecule has 0 amide bonds. The second-order valence-corrected chi connectivity index (χ2v) is 8.28. The summed E-state index contributed by atoms with van der Waals surface area (Å²) in [4.78, 5) is 18.8. The van der Waals surface area contributed by atoms with Gasteiger partial charge in [0.25, 0.3) is 5.69 Å². The molecule has 2 aromatic carbocycles. The lowest BCUT2D eigenvalue weighted by molar-refractivity contribution is -0.384. The average Bonchev–Trinajstić information content (AvgIpc) is 3.41. The predicted octanol–water partition coefficient (Wildman–Crippen LogP) is 5.84. The minimum absolute atomic E-state index is 0.000813. The number of para-hydroxylation sites is 3. The van der Waals surface area contributed by atoms with Crippen LogP contribution in [-0.4, -0.2) is 34.0 Å². The molecule has 0 fully saturated rings. The van der Waals surface area contributed by atoms with E-state index in [0.717, 1.165) is 55.0 Å². The van der Waals surface area contributed by atoms with Crippen molar-refractivity contribution in [3.63, 3.8) is 0 Å². The number of hydrogen-bond acceptors (Lipinski definition) is 6. The van der Waals surface area contributed by atoms with Gasteiger partial charge >= 0.3 is 0 Å². The Morgan fingerprint density at radius 2 is 1.88 bits per heavy atom. The molecule has 0 N–H and O–H groups in total. The number of fused-ring (bicyclic) bond motifs is 1. The molecule has 0 saturated heterocycles. The highest BCUT2D eigenvalue weighted by atomic mass is 32.1.